The Kier molecular flexibility index (Phi) is 8.87. The van der Waals surface area contributed by atoms with Gasteiger partial charge in [0, 0.05) is 7.11 Å². The monoisotopic (exact) mass is 444 g/mol. The Bertz CT molecular complexity index is 745. The van der Waals surface area contributed by atoms with E-state index in [9.17, 15) is 13.0 Å². The Morgan fingerprint density at radius 3 is 2.22 bits per heavy atom. The molecule has 0 fully saturated rings. The average Bonchev–Trinajstić information content (AvgIpc) is 2.53. The van der Waals surface area contributed by atoms with E-state index >= 15 is 0 Å². The van der Waals surface area contributed by atoms with Crippen LogP contribution < -0.4 is 21.2 Å². The predicted molar refractivity (Wildman–Crippen MR) is 83.9 cm³/mol. The number of rotatable bonds is 3. The molecule has 2 aromatic rings. The quantitative estimate of drug-likeness (QED) is 0.362. The van der Waals surface area contributed by atoms with Gasteiger partial charge < -0.3 is 9.29 Å². The number of hydrogen-bond donors (Lipinski definition) is 0. The third-order valence-corrected chi connectivity index (χ3v) is 5.33. The highest BCUT2D eigenvalue weighted by Gasteiger charge is 2.05. The zero-order chi connectivity index (χ0) is 17.1. The summed E-state index contributed by atoms with van der Waals surface area (Å²) in [4.78, 5) is -0.178. The Labute approximate surface area is 147 Å². The SMILES string of the molecule is COCC#C[I+]c1ccccc1.Cc1ccc(S(=O)(=O)[O-])cc1. The molecule has 0 N–H and O–H groups in total. The molecule has 0 bridgehead atoms. The van der Waals surface area contributed by atoms with Gasteiger partial charge in [-0.05, 0) is 37.1 Å². The van der Waals surface area contributed by atoms with E-state index < -0.39 is 10.1 Å². The number of aryl methyl sites for hydroxylation is 1. The maximum Gasteiger partial charge on any atom is 0.419 e. The van der Waals surface area contributed by atoms with Crippen LogP contribution in [-0.4, -0.2) is 26.7 Å². The van der Waals surface area contributed by atoms with Gasteiger partial charge in [0.1, 0.15) is 16.7 Å². The highest BCUT2D eigenvalue weighted by molar-refractivity contribution is 7.85. The van der Waals surface area contributed by atoms with Crippen molar-refractivity contribution in [1.29, 1.82) is 0 Å². The van der Waals surface area contributed by atoms with Crippen molar-refractivity contribution < 1.29 is 38.9 Å². The molecule has 23 heavy (non-hydrogen) atoms. The molecule has 0 heterocycles. The molecule has 122 valence electrons. The molecule has 0 aliphatic heterocycles. The van der Waals surface area contributed by atoms with Crippen LogP contribution in [0.1, 0.15) is 5.56 Å². The van der Waals surface area contributed by atoms with Gasteiger partial charge in [-0.1, -0.05) is 35.9 Å². The smallest absolute Gasteiger partial charge is 0.419 e. The molecule has 2 rings (SSSR count). The molecule has 0 aromatic heterocycles. The first-order valence-electron chi connectivity index (χ1n) is 6.61. The van der Waals surface area contributed by atoms with Gasteiger partial charge in [0.05, 0.1) is 4.90 Å². The lowest BCUT2D eigenvalue weighted by Gasteiger charge is -2.05. The summed E-state index contributed by atoms with van der Waals surface area (Å²) in [5.74, 6) is 2.96. The summed E-state index contributed by atoms with van der Waals surface area (Å²) in [7, 11) is -2.61. The van der Waals surface area contributed by atoms with Crippen LogP contribution in [0, 0.1) is 20.3 Å². The normalized spacial score (nSPS) is 10.0. The minimum Gasteiger partial charge on any atom is -0.744 e. The Hall–Kier alpha value is -1.40. The molecule has 0 unspecified atom stereocenters. The van der Waals surface area contributed by atoms with Crippen LogP contribution in [0.2, 0.25) is 0 Å². The third-order valence-electron chi connectivity index (χ3n) is 2.48. The summed E-state index contributed by atoms with van der Waals surface area (Å²) < 4.78 is 40.5. The lowest BCUT2D eigenvalue weighted by molar-refractivity contribution is -0.535. The van der Waals surface area contributed by atoms with Gasteiger partial charge in [0.25, 0.3) is 0 Å². The number of hydrogen-bond acceptors (Lipinski definition) is 4. The summed E-state index contributed by atoms with van der Waals surface area (Å²) in [6, 6.07) is 16.1. The van der Waals surface area contributed by atoms with E-state index in [1.165, 1.54) is 15.7 Å². The van der Waals surface area contributed by atoms with Crippen molar-refractivity contribution in [2.75, 3.05) is 13.7 Å². The summed E-state index contributed by atoms with van der Waals surface area (Å²) in [5, 5.41) is 0. The Balaban J connectivity index is 0.000000231. The number of ether oxygens (including phenoxy) is 1. The number of benzene rings is 2. The fourth-order valence-electron chi connectivity index (χ4n) is 1.37. The van der Waals surface area contributed by atoms with Crippen LogP contribution in [0.25, 0.3) is 0 Å². The zero-order valence-electron chi connectivity index (χ0n) is 12.8. The molecule has 0 atom stereocenters. The van der Waals surface area contributed by atoms with Gasteiger partial charge in [-0.2, -0.15) is 0 Å². The Morgan fingerprint density at radius 2 is 1.70 bits per heavy atom. The summed E-state index contributed by atoms with van der Waals surface area (Å²) in [5.41, 5.74) is 0.928. The summed E-state index contributed by atoms with van der Waals surface area (Å²) >= 11 is -0.127. The van der Waals surface area contributed by atoms with Crippen LogP contribution in [0.5, 0.6) is 0 Å². The van der Waals surface area contributed by atoms with Gasteiger partial charge in [-0.25, -0.2) is 8.42 Å². The molecule has 0 aliphatic rings. The van der Waals surface area contributed by atoms with Gasteiger partial charge in [0.2, 0.25) is 3.57 Å². The Morgan fingerprint density at radius 1 is 1.09 bits per heavy atom. The first-order valence-corrected chi connectivity index (χ1v) is 10.2. The average molecular weight is 444 g/mol. The number of halogens is 1. The fourth-order valence-corrected chi connectivity index (χ4v) is 3.27. The largest absolute Gasteiger partial charge is 0.744 e. The highest BCUT2D eigenvalue weighted by Crippen LogP contribution is 2.08. The molecular weight excluding hydrogens is 427 g/mol. The third kappa shape index (κ3) is 8.71. The van der Waals surface area contributed by atoms with Gasteiger partial charge >= 0.3 is 21.2 Å². The highest BCUT2D eigenvalue weighted by atomic mass is 127. The van der Waals surface area contributed by atoms with Crippen molar-refractivity contribution in [3.05, 3.63) is 63.7 Å². The molecule has 0 aliphatic carbocycles. The molecule has 6 heteroatoms. The van der Waals surface area contributed by atoms with Gasteiger partial charge in [0.15, 0.2) is 3.93 Å². The van der Waals surface area contributed by atoms with E-state index in [4.69, 9.17) is 4.74 Å². The lowest BCUT2D eigenvalue weighted by atomic mass is 10.2. The zero-order valence-corrected chi connectivity index (χ0v) is 15.8. The molecular formula is C17H17IO4S. The van der Waals surface area contributed by atoms with Crippen LogP contribution in [0.3, 0.4) is 0 Å². The van der Waals surface area contributed by atoms with Crippen LogP contribution >= 0.6 is 0 Å². The van der Waals surface area contributed by atoms with Crippen molar-refractivity contribution in [2.45, 2.75) is 11.8 Å². The van der Waals surface area contributed by atoms with Crippen LogP contribution in [-0.2, 0) is 14.9 Å². The van der Waals surface area contributed by atoms with Crippen molar-refractivity contribution in [1.82, 2.24) is 0 Å². The summed E-state index contributed by atoms with van der Waals surface area (Å²) in [6.45, 7) is 2.37. The van der Waals surface area contributed by atoms with E-state index in [2.05, 4.69) is 22.0 Å². The van der Waals surface area contributed by atoms with E-state index in [-0.39, 0.29) is 26.1 Å². The van der Waals surface area contributed by atoms with Crippen molar-refractivity contribution >= 4 is 10.1 Å². The molecule has 0 spiro atoms. The van der Waals surface area contributed by atoms with Crippen molar-refractivity contribution in [3.8, 4) is 9.85 Å². The van der Waals surface area contributed by atoms with E-state index in [1.54, 1.807) is 19.2 Å². The maximum atomic E-state index is 10.4. The molecule has 0 radical (unpaired) electrons. The molecule has 4 nitrogen and oxygen atoms in total. The molecule has 0 saturated heterocycles. The van der Waals surface area contributed by atoms with E-state index in [0.29, 0.717) is 6.61 Å². The predicted octanol–water partition coefficient (Wildman–Crippen LogP) is -0.548. The maximum absolute atomic E-state index is 10.4. The minimum atomic E-state index is -4.27. The fraction of sp³-hybridized carbons (Fsp3) is 0.176. The molecule has 0 amide bonds. The minimum absolute atomic E-state index is 0.127. The second-order valence-electron chi connectivity index (χ2n) is 4.36. The topological polar surface area (TPSA) is 66.4 Å². The van der Waals surface area contributed by atoms with E-state index in [0.717, 1.165) is 5.56 Å². The number of methoxy groups -OCH3 is 1. The lowest BCUT2D eigenvalue weighted by Crippen LogP contribution is -3.59. The van der Waals surface area contributed by atoms with Crippen LogP contribution in [0.15, 0.2) is 59.5 Å². The second kappa shape index (κ2) is 10.4. The van der Waals surface area contributed by atoms with Crippen LogP contribution in [0.4, 0.5) is 0 Å². The van der Waals surface area contributed by atoms with Crippen molar-refractivity contribution in [3.63, 3.8) is 0 Å². The summed E-state index contributed by atoms with van der Waals surface area (Å²) in [6.07, 6.45) is 0. The molecule has 0 saturated carbocycles. The second-order valence-corrected chi connectivity index (χ2v) is 8.07. The first kappa shape index (κ1) is 19.6. The van der Waals surface area contributed by atoms with Gasteiger partial charge in [-0.3, -0.25) is 0 Å². The van der Waals surface area contributed by atoms with Crippen molar-refractivity contribution in [2.24, 2.45) is 0 Å². The van der Waals surface area contributed by atoms with Gasteiger partial charge in [-0.15, -0.1) is 0 Å². The first-order chi connectivity index (χ1) is 10.9. The molecule has 2 aromatic carbocycles. The van der Waals surface area contributed by atoms with E-state index in [1.807, 2.05) is 25.1 Å². The standard InChI is InChI=1S/C10H10IO.C7H8O3S/c1-12-9-5-8-11-10-6-3-2-4-7-10;1-6-2-4-7(5-3-6)11(8,9)10/h2-4,6-7H,9H2,1H3;2-5H,1H3,(H,8,9,10)/q+1;/p-1.